The van der Waals surface area contributed by atoms with Crippen LogP contribution in [0, 0.1) is 0 Å². The summed E-state index contributed by atoms with van der Waals surface area (Å²) in [5.41, 5.74) is 4.47. The number of hydrogen-bond donors (Lipinski definition) is 2. The lowest BCUT2D eigenvalue weighted by molar-refractivity contribution is -0.291. The van der Waals surface area contributed by atoms with Crippen LogP contribution in [-0.2, 0) is 0 Å². The summed E-state index contributed by atoms with van der Waals surface area (Å²) in [5.74, 6) is -5.32. The van der Waals surface area contributed by atoms with E-state index in [1.807, 2.05) is 0 Å². The fraction of sp³-hybridized carbons (Fsp3) is 0.333. The molecule has 1 atom stereocenters. The van der Waals surface area contributed by atoms with E-state index in [9.17, 15) is 22.0 Å². The molecule has 0 aromatic heterocycles. The Morgan fingerprint density at radius 2 is 1.71 bits per heavy atom. The zero-order valence-electron chi connectivity index (χ0n) is 8.10. The number of phenols is 1. The minimum atomic E-state index is -5.73. The van der Waals surface area contributed by atoms with Crippen molar-refractivity contribution in [3.05, 3.63) is 28.2 Å². The zero-order valence-corrected chi connectivity index (χ0v) is 9.69. The lowest BCUT2D eigenvalue weighted by Crippen LogP contribution is -2.45. The van der Waals surface area contributed by atoms with E-state index in [0.717, 1.165) is 18.2 Å². The molecule has 96 valence electrons. The highest BCUT2D eigenvalue weighted by molar-refractivity contribution is 9.10. The Kier molecular flexibility index (Phi) is 3.68. The van der Waals surface area contributed by atoms with E-state index in [1.54, 1.807) is 0 Å². The van der Waals surface area contributed by atoms with E-state index in [2.05, 4.69) is 15.9 Å². The topological polar surface area (TPSA) is 46.2 Å². The van der Waals surface area contributed by atoms with Gasteiger partial charge in [-0.05, 0) is 33.6 Å². The Bertz CT molecular complexity index is 420. The van der Waals surface area contributed by atoms with Crippen LogP contribution in [0.25, 0.3) is 0 Å². The number of hydrogen-bond acceptors (Lipinski definition) is 2. The summed E-state index contributed by atoms with van der Waals surface area (Å²) in [6.45, 7) is 0. The maximum Gasteiger partial charge on any atom is 0.455 e. The largest absolute Gasteiger partial charge is 0.507 e. The van der Waals surface area contributed by atoms with Gasteiger partial charge in [-0.2, -0.15) is 22.0 Å². The van der Waals surface area contributed by atoms with Gasteiger partial charge in [0.15, 0.2) is 0 Å². The number of nitrogens with two attached hydrogens (primary N) is 1. The van der Waals surface area contributed by atoms with Crippen LogP contribution in [-0.4, -0.2) is 17.2 Å². The van der Waals surface area contributed by atoms with Gasteiger partial charge in [-0.3, -0.25) is 0 Å². The lowest BCUT2D eigenvalue weighted by atomic mass is 10.0. The summed E-state index contributed by atoms with van der Waals surface area (Å²) in [4.78, 5) is 0. The predicted molar refractivity (Wildman–Crippen MR) is 53.7 cm³/mol. The van der Waals surface area contributed by atoms with Gasteiger partial charge in [-0.15, -0.1) is 0 Å². The molecule has 0 spiro atoms. The summed E-state index contributed by atoms with van der Waals surface area (Å²) in [7, 11) is 0. The maximum absolute atomic E-state index is 12.9. The molecule has 8 heteroatoms. The second kappa shape index (κ2) is 4.41. The first-order valence-electron chi connectivity index (χ1n) is 4.26. The van der Waals surface area contributed by atoms with Crippen molar-refractivity contribution in [1.82, 2.24) is 0 Å². The fourth-order valence-electron chi connectivity index (χ4n) is 1.10. The van der Waals surface area contributed by atoms with E-state index in [4.69, 9.17) is 10.8 Å². The van der Waals surface area contributed by atoms with Gasteiger partial charge in [0, 0.05) is 0 Å². The van der Waals surface area contributed by atoms with Crippen molar-refractivity contribution < 1.29 is 27.1 Å². The van der Waals surface area contributed by atoms with Gasteiger partial charge in [0.1, 0.15) is 11.8 Å². The highest BCUT2D eigenvalue weighted by Crippen LogP contribution is 2.44. The average molecular weight is 320 g/mol. The molecule has 0 aliphatic heterocycles. The van der Waals surface area contributed by atoms with Crippen molar-refractivity contribution in [1.29, 1.82) is 0 Å². The second-order valence-corrected chi connectivity index (χ2v) is 4.16. The van der Waals surface area contributed by atoms with Crippen molar-refractivity contribution >= 4 is 15.9 Å². The van der Waals surface area contributed by atoms with Gasteiger partial charge in [-0.1, -0.05) is 6.07 Å². The first kappa shape index (κ1) is 14.2. The first-order valence-corrected chi connectivity index (χ1v) is 5.05. The normalized spacial score (nSPS) is 14.8. The SMILES string of the molecule is N[C@H](c1ccc(O)c(Br)c1)C(F)(F)C(F)(F)F. The molecule has 0 radical (unpaired) electrons. The Morgan fingerprint density at radius 3 is 2.12 bits per heavy atom. The highest BCUT2D eigenvalue weighted by Gasteiger charge is 2.61. The van der Waals surface area contributed by atoms with Crippen molar-refractivity contribution in [2.75, 3.05) is 0 Å². The van der Waals surface area contributed by atoms with E-state index in [0.29, 0.717) is 0 Å². The van der Waals surface area contributed by atoms with Crippen molar-refractivity contribution in [3.8, 4) is 5.75 Å². The molecule has 17 heavy (non-hydrogen) atoms. The number of aromatic hydroxyl groups is 1. The van der Waals surface area contributed by atoms with Crippen LogP contribution in [0.2, 0.25) is 0 Å². The van der Waals surface area contributed by atoms with Crippen molar-refractivity contribution in [3.63, 3.8) is 0 Å². The Morgan fingerprint density at radius 1 is 1.18 bits per heavy atom. The Balaban J connectivity index is 3.12. The standard InChI is InChI=1S/C9H7BrF5NO/c10-5-3-4(1-2-6(5)17)7(16)8(11,12)9(13,14)15/h1-3,7,17H,16H2/t7-/m1/s1. The Labute approximate surface area is 101 Å². The number of phenolic OH excluding ortho intramolecular Hbond substituents is 1. The predicted octanol–water partition coefficient (Wildman–Crippen LogP) is 3.35. The molecule has 0 saturated carbocycles. The molecule has 0 bridgehead atoms. The molecule has 0 amide bonds. The van der Waals surface area contributed by atoms with Crippen LogP contribution < -0.4 is 5.73 Å². The third kappa shape index (κ3) is 2.68. The van der Waals surface area contributed by atoms with Gasteiger partial charge in [-0.25, -0.2) is 0 Å². The first-order chi connectivity index (χ1) is 7.57. The zero-order chi connectivity index (χ0) is 13.4. The summed E-state index contributed by atoms with van der Waals surface area (Å²) < 4.78 is 62.0. The lowest BCUT2D eigenvalue weighted by Gasteiger charge is -2.26. The summed E-state index contributed by atoms with van der Waals surface area (Å²) in [5, 5.41) is 9.09. The Hall–Kier alpha value is -0.890. The minimum Gasteiger partial charge on any atom is -0.507 e. The molecule has 0 aliphatic rings. The molecule has 1 aromatic carbocycles. The maximum atomic E-state index is 12.9. The van der Waals surface area contributed by atoms with Crippen LogP contribution in [0.15, 0.2) is 22.7 Å². The van der Waals surface area contributed by atoms with Crippen molar-refractivity contribution in [2.24, 2.45) is 5.73 Å². The summed E-state index contributed by atoms with van der Waals surface area (Å²) in [6, 6.07) is 0.273. The van der Waals surface area contributed by atoms with Gasteiger partial charge >= 0.3 is 12.1 Å². The molecular weight excluding hydrogens is 313 g/mol. The fourth-order valence-corrected chi connectivity index (χ4v) is 1.50. The number of rotatable bonds is 2. The molecule has 0 unspecified atom stereocenters. The van der Waals surface area contributed by atoms with E-state index in [-0.39, 0.29) is 10.2 Å². The molecule has 0 heterocycles. The molecular formula is C9H7BrF5NO. The quantitative estimate of drug-likeness (QED) is 0.821. The number of alkyl halides is 5. The van der Waals surface area contributed by atoms with Gasteiger partial charge < -0.3 is 10.8 Å². The summed E-state index contributed by atoms with van der Waals surface area (Å²) >= 11 is 2.80. The molecule has 0 aliphatic carbocycles. The molecule has 2 nitrogen and oxygen atoms in total. The smallest absolute Gasteiger partial charge is 0.455 e. The van der Waals surface area contributed by atoms with Gasteiger partial charge in [0.05, 0.1) is 4.47 Å². The van der Waals surface area contributed by atoms with E-state index >= 15 is 0 Å². The molecule has 1 rings (SSSR count). The monoisotopic (exact) mass is 319 g/mol. The molecule has 0 fully saturated rings. The highest BCUT2D eigenvalue weighted by atomic mass is 79.9. The summed E-state index contributed by atoms with van der Waals surface area (Å²) in [6.07, 6.45) is -5.73. The van der Waals surface area contributed by atoms with E-state index < -0.39 is 23.7 Å². The number of benzene rings is 1. The second-order valence-electron chi connectivity index (χ2n) is 3.31. The van der Waals surface area contributed by atoms with E-state index in [1.165, 1.54) is 0 Å². The molecule has 3 N–H and O–H groups in total. The van der Waals surface area contributed by atoms with Crippen LogP contribution >= 0.6 is 15.9 Å². The van der Waals surface area contributed by atoms with Crippen LogP contribution in [0.4, 0.5) is 22.0 Å². The third-order valence-electron chi connectivity index (χ3n) is 2.10. The van der Waals surface area contributed by atoms with Gasteiger partial charge in [0.2, 0.25) is 0 Å². The number of halogens is 6. The molecule has 0 saturated heterocycles. The van der Waals surface area contributed by atoms with Crippen LogP contribution in [0.5, 0.6) is 5.75 Å². The minimum absolute atomic E-state index is 0.0107. The average Bonchev–Trinajstić information content (AvgIpc) is 2.19. The van der Waals surface area contributed by atoms with Crippen LogP contribution in [0.3, 0.4) is 0 Å². The molecule has 1 aromatic rings. The third-order valence-corrected chi connectivity index (χ3v) is 2.73. The van der Waals surface area contributed by atoms with Crippen LogP contribution in [0.1, 0.15) is 11.6 Å². The van der Waals surface area contributed by atoms with Crippen molar-refractivity contribution in [2.45, 2.75) is 18.1 Å². The van der Waals surface area contributed by atoms with Gasteiger partial charge in [0.25, 0.3) is 0 Å².